The predicted octanol–water partition coefficient (Wildman–Crippen LogP) is 3.56. The van der Waals surface area contributed by atoms with E-state index in [0.29, 0.717) is 0 Å². The van der Waals surface area contributed by atoms with Crippen LogP contribution in [-0.2, 0) is 6.42 Å². The van der Waals surface area contributed by atoms with Gasteiger partial charge >= 0.3 is 0 Å². The van der Waals surface area contributed by atoms with Crippen LogP contribution in [0.4, 0.5) is 0 Å². The molecule has 0 fully saturated rings. The van der Waals surface area contributed by atoms with E-state index in [2.05, 4.69) is 51.4 Å². The smallest absolute Gasteiger partial charge is 0.194 e. The van der Waals surface area contributed by atoms with Gasteiger partial charge in [0, 0.05) is 16.5 Å². The fraction of sp³-hybridized carbons (Fsp3) is 0.357. The van der Waals surface area contributed by atoms with Crippen LogP contribution in [0.15, 0.2) is 33.3 Å². The van der Waals surface area contributed by atoms with Crippen molar-refractivity contribution in [2.24, 2.45) is 0 Å². The Morgan fingerprint density at radius 3 is 2.94 bits per heavy atom. The number of oxazole rings is 1. The average molecular weight is 309 g/mol. The second-order valence-corrected chi connectivity index (χ2v) is 5.16. The van der Waals surface area contributed by atoms with Crippen LogP contribution in [0.1, 0.15) is 17.9 Å². The van der Waals surface area contributed by atoms with Crippen molar-refractivity contribution < 1.29 is 4.42 Å². The molecule has 0 atom stereocenters. The van der Waals surface area contributed by atoms with E-state index in [-0.39, 0.29) is 0 Å². The Morgan fingerprint density at radius 2 is 2.22 bits per heavy atom. The number of hydrogen-bond donors (Lipinski definition) is 1. The summed E-state index contributed by atoms with van der Waals surface area (Å²) >= 11 is 3.56. The summed E-state index contributed by atoms with van der Waals surface area (Å²) < 4.78 is 6.81. The van der Waals surface area contributed by atoms with Gasteiger partial charge in [0.1, 0.15) is 0 Å². The van der Waals surface area contributed by atoms with Crippen LogP contribution in [-0.4, -0.2) is 18.6 Å². The van der Waals surface area contributed by atoms with Crippen LogP contribution in [0.25, 0.3) is 11.3 Å². The third-order valence-corrected chi connectivity index (χ3v) is 3.42. The minimum atomic E-state index is 0.799. The topological polar surface area (TPSA) is 38.1 Å². The Labute approximate surface area is 116 Å². The highest BCUT2D eigenvalue weighted by atomic mass is 79.9. The normalized spacial score (nSPS) is 10.8. The van der Waals surface area contributed by atoms with Gasteiger partial charge in [0.25, 0.3) is 0 Å². The van der Waals surface area contributed by atoms with E-state index >= 15 is 0 Å². The van der Waals surface area contributed by atoms with Gasteiger partial charge in [-0.2, -0.15) is 0 Å². The van der Waals surface area contributed by atoms with Gasteiger partial charge in [-0.25, -0.2) is 4.98 Å². The minimum absolute atomic E-state index is 0.799. The summed E-state index contributed by atoms with van der Waals surface area (Å²) in [5.41, 5.74) is 2.27. The molecule has 0 spiro atoms. The van der Waals surface area contributed by atoms with Crippen LogP contribution >= 0.6 is 15.9 Å². The molecule has 0 unspecified atom stereocenters. The van der Waals surface area contributed by atoms with E-state index in [1.807, 2.05) is 7.05 Å². The predicted molar refractivity (Wildman–Crippen MR) is 76.6 cm³/mol. The molecule has 3 nitrogen and oxygen atoms in total. The summed E-state index contributed by atoms with van der Waals surface area (Å²) in [7, 11) is 1.95. The summed E-state index contributed by atoms with van der Waals surface area (Å²) in [6.07, 6.45) is 3.69. The molecule has 1 heterocycles. The molecule has 2 aromatic rings. The van der Waals surface area contributed by atoms with Gasteiger partial charge in [-0.15, -0.1) is 0 Å². The third kappa shape index (κ3) is 3.21. The third-order valence-electron chi connectivity index (χ3n) is 2.76. The maximum absolute atomic E-state index is 5.77. The van der Waals surface area contributed by atoms with Crippen molar-refractivity contribution in [3.8, 4) is 11.3 Å². The van der Waals surface area contributed by atoms with Crippen LogP contribution in [0.5, 0.6) is 0 Å². The lowest BCUT2D eigenvalue weighted by molar-refractivity contribution is 0.495. The second kappa shape index (κ2) is 6.16. The fourth-order valence-corrected chi connectivity index (χ4v) is 2.48. The number of rotatable bonds is 5. The molecule has 0 radical (unpaired) electrons. The van der Waals surface area contributed by atoms with Crippen molar-refractivity contribution >= 4 is 15.9 Å². The van der Waals surface area contributed by atoms with Crippen molar-refractivity contribution in [1.82, 2.24) is 10.3 Å². The Morgan fingerprint density at radius 1 is 1.39 bits per heavy atom. The summed E-state index contributed by atoms with van der Waals surface area (Å²) in [5.74, 6) is 1.62. The highest BCUT2D eigenvalue weighted by Crippen LogP contribution is 2.29. The van der Waals surface area contributed by atoms with Gasteiger partial charge in [-0.3, -0.25) is 0 Å². The number of aryl methyl sites for hydroxylation is 2. The highest BCUT2D eigenvalue weighted by Gasteiger charge is 2.09. The first kappa shape index (κ1) is 13.3. The molecule has 0 saturated heterocycles. The van der Waals surface area contributed by atoms with Gasteiger partial charge in [-0.1, -0.05) is 22.0 Å². The number of hydrogen-bond acceptors (Lipinski definition) is 3. The zero-order valence-corrected chi connectivity index (χ0v) is 12.3. The number of nitrogens with zero attached hydrogens (tertiary/aromatic N) is 1. The quantitative estimate of drug-likeness (QED) is 0.858. The molecule has 0 bridgehead atoms. The first-order chi connectivity index (χ1) is 8.70. The molecule has 1 N–H and O–H groups in total. The van der Waals surface area contributed by atoms with Crippen LogP contribution in [0.3, 0.4) is 0 Å². The van der Waals surface area contributed by atoms with E-state index in [1.165, 1.54) is 5.56 Å². The van der Waals surface area contributed by atoms with Crippen LogP contribution < -0.4 is 5.32 Å². The molecule has 0 aliphatic rings. The van der Waals surface area contributed by atoms with E-state index in [0.717, 1.165) is 41.1 Å². The van der Waals surface area contributed by atoms with Gasteiger partial charge < -0.3 is 9.73 Å². The Hall–Kier alpha value is -1.13. The molecule has 0 aliphatic heterocycles. The van der Waals surface area contributed by atoms with Crippen molar-refractivity contribution in [2.75, 3.05) is 13.6 Å². The van der Waals surface area contributed by atoms with Gasteiger partial charge in [0.2, 0.25) is 0 Å². The highest BCUT2D eigenvalue weighted by molar-refractivity contribution is 9.10. The first-order valence-corrected chi connectivity index (χ1v) is 6.86. The largest absolute Gasteiger partial charge is 0.441 e. The standard InChI is InChI=1S/C14H17BrN2O/c1-10-5-6-11(12(15)8-10)13-9-17-14(18-13)4-3-7-16-2/h5-6,8-9,16H,3-4,7H2,1-2H3. The molecule has 1 aromatic carbocycles. The van der Waals surface area contributed by atoms with E-state index < -0.39 is 0 Å². The molecular formula is C14H17BrN2O. The number of halogens is 1. The fourth-order valence-electron chi connectivity index (χ4n) is 1.79. The molecule has 0 aliphatic carbocycles. The Balaban J connectivity index is 2.13. The first-order valence-electron chi connectivity index (χ1n) is 6.06. The zero-order valence-electron chi connectivity index (χ0n) is 10.7. The second-order valence-electron chi connectivity index (χ2n) is 4.31. The maximum atomic E-state index is 5.77. The SMILES string of the molecule is CNCCCc1ncc(-c2ccc(C)cc2Br)o1. The van der Waals surface area contributed by atoms with Crippen molar-refractivity contribution in [3.05, 3.63) is 40.3 Å². The lowest BCUT2D eigenvalue weighted by Crippen LogP contribution is -2.08. The summed E-state index contributed by atoms with van der Waals surface area (Å²) in [5, 5.41) is 3.11. The molecular weight excluding hydrogens is 292 g/mol. The lowest BCUT2D eigenvalue weighted by atomic mass is 10.1. The van der Waals surface area contributed by atoms with Crippen molar-refractivity contribution in [3.63, 3.8) is 0 Å². The Kier molecular flexibility index (Phi) is 4.55. The van der Waals surface area contributed by atoms with Gasteiger partial charge in [-0.05, 0) is 44.6 Å². The molecule has 96 valence electrons. The number of aromatic nitrogens is 1. The molecule has 18 heavy (non-hydrogen) atoms. The molecule has 4 heteroatoms. The maximum Gasteiger partial charge on any atom is 0.194 e. The van der Waals surface area contributed by atoms with Gasteiger partial charge in [0.05, 0.1) is 6.20 Å². The Bertz CT molecular complexity index is 522. The van der Waals surface area contributed by atoms with E-state index in [4.69, 9.17) is 4.42 Å². The molecule has 2 rings (SSSR count). The average Bonchev–Trinajstić information content (AvgIpc) is 2.78. The van der Waals surface area contributed by atoms with E-state index in [9.17, 15) is 0 Å². The van der Waals surface area contributed by atoms with E-state index in [1.54, 1.807) is 6.20 Å². The zero-order chi connectivity index (χ0) is 13.0. The molecule has 0 amide bonds. The minimum Gasteiger partial charge on any atom is -0.441 e. The van der Waals surface area contributed by atoms with Crippen LogP contribution in [0, 0.1) is 6.92 Å². The molecule has 0 saturated carbocycles. The van der Waals surface area contributed by atoms with Crippen molar-refractivity contribution in [1.29, 1.82) is 0 Å². The van der Waals surface area contributed by atoms with Gasteiger partial charge in [0.15, 0.2) is 11.7 Å². The van der Waals surface area contributed by atoms with Crippen molar-refractivity contribution in [2.45, 2.75) is 19.8 Å². The monoisotopic (exact) mass is 308 g/mol. The van der Waals surface area contributed by atoms with Crippen LogP contribution in [0.2, 0.25) is 0 Å². The lowest BCUT2D eigenvalue weighted by Gasteiger charge is -2.01. The summed E-state index contributed by atoms with van der Waals surface area (Å²) in [4.78, 5) is 4.31. The number of nitrogens with one attached hydrogen (secondary N) is 1. The summed E-state index contributed by atoms with van der Waals surface area (Å²) in [6.45, 7) is 3.05. The number of benzene rings is 1. The summed E-state index contributed by atoms with van der Waals surface area (Å²) in [6, 6.07) is 6.21. The molecule has 1 aromatic heterocycles.